The fraction of sp³-hybridized carbons (Fsp3) is 0.588. The van der Waals surface area contributed by atoms with Crippen molar-refractivity contribution in [1.29, 1.82) is 0 Å². The van der Waals surface area contributed by atoms with E-state index in [0.29, 0.717) is 23.7 Å². The highest BCUT2D eigenvalue weighted by Crippen LogP contribution is 2.36. The van der Waals surface area contributed by atoms with Crippen molar-refractivity contribution in [2.75, 3.05) is 7.11 Å². The molecule has 0 heterocycles. The summed E-state index contributed by atoms with van der Waals surface area (Å²) in [5.41, 5.74) is 2.15. The molecule has 0 saturated heterocycles. The summed E-state index contributed by atoms with van der Waals surface area (Å²) in [5, 5.41) is 0. The maximum Gasteiger partial charge on any atom is 0.337 e. The lowest BCUT2D eigenvalue weighted by atomic mass is 9.76. The minimum atomic E-state index is -0.299. The quantitative estimate of drug-likeness (QED) is 0.781. The number of carbonyl (C=O) groups excluding carboxylic acids is 1. The lowest BCUT2D eigenvalue weighted by Gasteiger charge is -2.34. The van der Waals surface area contributed by atoms with Crippen LogP contribution in [0.25, 0.3) is 0 Å². The van der Waals surface area contributed by atoms with Crippen molar-refractivity contribution in [2.24, 2.45) is 5.41 Å². The maximum atomic E-state index is 11.3. The molecule has 1 aliphatic rings. The Morgan fingerprint density at radius 2 is 1.80 bits per heavy atom. The SMILES string of the molecule is COC(=O)c1ccc(COC2CCC(C)(C)CC2)cc1. The van der Waals surface area contributed by atoms with Crippen molar-refractivity contribution < 1.29 is 14.3 Å². The fourth-order valence-electron chi connectivity index (χ4n) is 2.61. The van der Waals surface area contributed by atoms with Crippen molar-refractivity contribution in [2.45, 2.75) is 52.2 Å². The van der Waals surface area contributed by atoms with Crippen LogP contribution in [0.2, 0.25) is 0 Å². The van der Waals surface area contributed by atoms with Crippen LogP contribution in [0.15, 0.2) is 24.3 Å². The second kappa shape index (κ2) is 6.40. The van der Waals surface area contributed by atoms with Crippen LogP contribution in [-0.4, -0.2) is 19.2 Å². The van der Waals surface area contributed by atoms with Crippen LogP contribution >= 0.6 is 0 Å². The van der Waals surface area contributed by atoms with E-state index < -0.39 is 0 Å². The minimum Gasteiger partial charge on any atom is -0.465 e. The monoisotopic (exact) mass is 276 g/mol. The van der Waals surface area contributed by atoms with E-state index in [9.17, 15) is 4.79 Å². The van der Waals surface area contributed by atoms with E-state index in [0.717, 1.165) is 18.4 Å². The Hall–Kier alpha value is -1.35. The summed E-state index contributed by atoms with van der Waals surface area (Å²) in [6, 6.07) is 7.43. The van der Waals surface area contributed by atoms with Gasteiger partial charge in [0.05, 0.1) is 25.4 Å². The maximum absolute atomic E-state index is 11.3. The molecule has 0 amide bonds. The van der Waals surface area contributed by atoms with Gasteiger partial charge in [-0.2, -0.15) is 0 Å². The van der Waals surface area contributed by atoms with Gasteiger partial charge in [0.15, 0.2) is 0 Å². The van der Waals surface area contributed by atoms with Gasteiger partial charge in [0.2, 0.25) is 0 Å². The number of methoxy groups -OCH3 is 1. The Morgan fingerprint density at radius 3 is 2.35 bits per heavy atom. The smallest absolute Gasteiger partial charge is 0.337 e. The van der Waals surface area contributed by atoms with Gasteiger partial charge in [-0.3, -0.25) is 0 Å². The van der Waals surface area contributed by atoms with Crippen molar-refractivity contribution >= 4 is 5.97 Å². The van der Waals surface area contributed by atoms with Crippen molar-refractivity contribution in [3.05, 3.63) is 35.4 Å². The van der Waals surface area contributed by atoms with Gasteiger partial charge in [-0.1, -0.05) is 26.0 Å². The zero-order valence-electron chi connectivity index (χ0n) is 12.6. The van der Waals surface area contributed by atoms with Crippen LogP contribution in [0.4, 0.5) is 0 Å². The van der Waals surface area contributed by atoms with Crippen LogP contribution in [0, 0.1) is 5.41 Å². The molecule has 0 atom stereocenters. The number of ether oxygens (including phenoxy) is 2. The Bertz CT molecular complexity index is 438. The van der Waals surface area contributed by atoms with Gasteiger partial charge < -0.3 is 9.47 Å². The second-order valence-electron chi connectivity index (χ2n) is 6.36. The Balaban J connectivity index is 1.81. The molecule has 2 rings (SSSR count). The molecule has 1 aromatic rings. The average Bonchev–Trinajstić information content (AvgIpc) is 2.46. The molecule has 0 aliphatic heterocycles. The number of esters is 1. The summed E-state index contributed by atoms with van der Waals surface area (Å²) in [4.78, 5) is 11.3. The highest BCUT2D eigenvalue weighted by Gasteiger charge is 2.27. The van der Waals surface area contributed by atoms with Crippen LogP contribution in [0.1, 0.15) is 55.5 Å². The molecule has 0 radical (unpaired) electrons. The molecule has 0 unspecified atom stereocenters. The molecule has 110 valence electrons. The average molecular weight is 276 g/mol. The first-order chi connectivity index (χ1) is 9.50. The van der Waals surface area contributed by atoms with Gasteiger partial charge in [-0.15, -0.1) is 0 Å². The number of benzene rings is 1. The highest BCUT2D eigenvalue weighted by atomic mass is 16.5. The Morgan fingerprint density at radius 1 is 1.20 bits per heavy atom. The third-order valence-electron chi connectivity index (χ3n) is 4.15. The van der Waals surface area contributed by atoms with Crippen LogP contribution in [0.3, 0.4) is 0 Å². The Kier molecular flexibility index (Phi) is 4.81. The predicted molar refractivity (Wildman–Crippen MR) is 78.6 cm³/mol. The van der Waals surface area contributed by atoms with Crippen LogP contribution in [-0.2, 0) is 16.1 Å². The lowest BCUT2D eigenvalue weighted by molar-refractivity contribution is -0.00559. The summed E-state index contributed by atoms with van der Waals surface area (Å²) >= 11 is 0. The summed E-state index contributed by atoms with van der Waals surface area (Å²) in [6.45, 7) is 5.27. The molecule has 0 bridgehead atoms. The summed E-state index contributed by atoms with van der Waals surface area (Å²) < 4.78 is 10.7. The molecule has 1 aromatic carbocycles. The molecule has 0 spiro atoms. The van der Waals surface area contributed by atoms with Gasteiger partial charge in [0, 0.05) is 0 Å². The first kappa shape index (κ1) is 15.0. The van der Waals surface area contributed by atoms with Gasteiger partial charge in [-0.25, -0.2) is 4.79 Å². The minimum absolute atomic E-state index is 0.299. The van der Waals surface area contributed by atoms with E-state index in [1.165, 1.54) is 20.0 Å². The summed E-state index contributed by atoms with van der Waals surface area (Å²) in [5.74, 6) is -0.299. The van der Waals surface area contributed by atoms with Gasteiger partial charge in [-0.05, 0) is 48.8 Å². The third-order valence-corrected chi connectivity index (χ3v) is 4.15. The normalized spacial score (nSPS) is 18.8. The lowest BCUT2D eigenvalue weighted by Crippen LogP contribution is -2.26. The molecule has 3 nitrogen and oxygen atoms in total. The summed E-state index contributed by atoms with van der Waals surface area (Å²) in [7, 11) is 1.39. The Labute approximate surface area is 121 Å². The first-order valence-corrected chi connectivity index (χ1v) is 7.29. The van der Waals surface area contributed by atoms with E-state index in [4.69, 9.17) is 4.74 Å². The molecule has 0 aromatic heterocycles. The van der Waals surface area contributed by atoms with Gasteiger partial charge in [0.1, 0.15) is 0 Å². The molecule has 1 fully saturated rings. The van der Waals surface area contributed by atoms with Crippen molar-refractivity contribution in [3.63, 3.8) is 0 Å². The van der Waals surface area contributed by atoms with E-state index in [1.54, 1.807) is 12.1 Å². The van der Waals surface area contributed by atoms with Gasteiger partial charge >= 0.3 is 5.97 Å². The van der Waals surface area contributed by atoms with Crippen LogP contribution in [0.5, 0.6) is 0 Å². The predicted octanol–water partition coefficient (Wildman–Crippen LogP) is 3.96. The zero-order chi connectivity index (χ0) is 14.6. The first-order valence-electron chi connectivity index (χ1n) is 7.29. The molecular formula is C17H24O3. The molecule has 1 aliphatic carbocycles. The van der Waals surface area contributed by atoms with Crippen LogP contribution < -0.4 is 0 Å². The largest absolute Gasteiger partial charge is 0.465 e. The number of rotatable bonds is 4. The van der Waals surface area contributed by atoms with E-state index in [1.807, 2.05) is 12.1 Å². The van der Waals surface area contributed by atoms with E-state index >= 15 is 0 Å². The summed E-state index contributed by atoms with van der Waals surface area (Å²) in [6.07, 6.45) is 5.14. The van der Waals surface area contributed by atoms with Crippen molar-refractivity contribution in [3.8, 4) is 0 Å². The number of hydrogen-bond donors (Lipinski definition) is 0. The third kappa shape index (κ3) is 4.07. The zero-order valence-corrected chi connectivity index (χ0v) is 12.6. The van der Waals surface area contributed by atoms with Gasteiger partial charge in [0.25, 0.3) is 0 Å². The van der Waals surface area contributed by atoms with E-state index in [-0.39, 0.29) is 5.97 Å². The number of carbonyl (C=O) groups is 1. The topological polar surface area (TPSA) is 35.5 Å². The highest BCUT2D eigenvalue weighted by molar-refractivity contribution is 5.89. The molecular weight excluding hydrogens is 252 g/mol. The number of hydrogen-bond acceptors (Lipinski definition) is 3. The van der Waals surface area contributed by atoms with Crippen molar-refractivity contribution in [1.82, 2.24) is 0 Å². The second-order valence-corrected chi connectivity index (χ2v) is 6.36. The molecule has 20 heavy (non-hydrogen) atoms. The standard InChI is InChI=1S/C17H24O3/c1-17(2)10-8-15(9-11-17)20-12-13-4-6-14(7-5-13)16(18)19-3/h4-7,15H,8-12H2,1-3H3. The van der Waals surface area contributed by atoms with E-state index in [2.05, 4.69) is 18.6 Å². The fourth-order valence-corrected chi connectivity index (χ4v) is 2.61. The molecule has 3 heteroatoms. The molecule has 1 saturated carbocycles. The molecule has 0 N–H and O–H groups in total.